The maximum Gasteiger partial charge on any atom is 0.173 e. The van der Waals surface area contributed by atoms with Gasteiger partial charge < -0.3 is 10.2 Å². The average molecular weight is 350 g/mol. The second-order valence-electron chi connectivity index (χ2n) is 6.19. The molecule has 0 radical (unpaired) electrons. The predicted octanol–water partition coefficient (Wildman–Crippen LogP) is 3.12. The van der Waals surface area contributed by atoms with Crippen LogP contribution in [0.15, 0.2) is 54.6 Å². The Morgan fingerprint density at radius 1 is 1.04 bits per heavy atom. The molecule has 1 aliphatic rings. The fraction of sp³-hybridized carbons (Fsp3) is 0.300. The molecule has 3 rings (SSSR count). The van der Waals surface area contributed by atoms with E-state index < -0.39 is 0 Å². The standard InChI is InChI=1S/C20H22N4S/c21-16-18-7-4-8-19(15-18)22-20(25)24-13-11-23(12-14-24)10-9-17-5-2-1-3-6-17/h1-8,15H,9-14H2,(H,22,25). The first-order valence-corrected chi connectivity index (χ1v) is 8.98. The summed E-state index contributed by atoms with van der Waals surface area (Å²) in [6, 6.07) is 20.2. The van der Waals surface area contributed by atoms with E-state index >= 15 is 0 Å². The van der Waals surface area contributed by atoms with E-state index in [9.17, 15) is 0 Å². The lowest BCUT2D eigenvalue weighted by atomic mass is 10.1. The Morgan fingerprint density at radius 2 is 1.80 bits per heavy atom. The summed E-state index contributed by atoms with van der Waals surface area (Å²) in [6.07, 6.45) is 1.09. The zero-order valence-electron chi connectivity index (χ0n) is 14.2. The van der Waals surface area contributed by atoms with Gasteiger partial charge in [-0.2, -0.15) is 5.26 Å². The molecule has 0 unspecified atom stereocenters. The SMILES string of the molecule is N#Cc1cccc(NC(=S)N2CCN(CCc3ccccc3)CC2)c1. The smallest absolute Gasteiger partial charge is 0.173 e. The van der Waals surface area contributed by atoms with Crippen LogP contribution in [0.4, 0.5) is 5.69 Å². The molecule has 0 atom stereocenters. The molecule has 0 spiro atoms. The Bertz CT molecular complexity index is 746. The second-order valence-corrected chi connectivity index (χ2v) is 6.57. The lowest BCUT2D eigenvalue weighted by Gasteiger charge is -2.36. The van der Waals surface area contributed by atoms with Crippen LogP contribution in [0.25, 0.3) is 0 Å². The van der Waals surface area contributed by atoms with E-state index in [0.29, 0.717) is 5.56 Å². The molecule has 1 aliphatic heterocycles. The topological polar surface area (TPSA) is 42.3 Å². The van der Waals surface area contributed by atoms with Gasteiger partial charge in [0.25, 0.3) is 0 Å². The molecule has 0 amide bonds. The van der Waals surface area contributed by atoms with Crippen LogP contribution in [-0.2, 0) is 6.42 Å². The van der Waals surface area contributed by atoms with Crippen molar-refractivity contribution in [2.45, 2.75) is 6.42 Å². The van der Waals surface area contributed by atoms with Crippen LogP contribution in [0.3, 0.4) is 0 Å². The molecule has 5 heteroatoms. The van der Waals surface area contributed by atoms with Gasteiger partial charge in [-0.05, 0) is 42.4 Å². The summed E-state index contributed by atoms with van der Waals surface area (Å²) >= 11 is 5.53. The minimum absolute atomic E-state index is 0.638. The van der Waals surface area contributed by atoms with Gasteiger partial charge in [-0.15, -0.1) is 0 Å². The Kier molecular flexibility index (Phi) is 5.99. The van der Waals surface area contributed by atoms with Crippen molar-refractivity contribution in [3.05, 3.63) is 65.7 Å². The maximum atomic E-state index is 8.98. The normalized spacial score (nSPS) is 14.8. The lowest BCUT2D eigenvalue weighted by molar-refractivity contribution is 0.185. The quantitative estimate of drug-likeness (QED) is 0.858. The molecule has 128 valence electrons. The molecule has 1 heterocycles. The number of anilines is 1. The van der Waals surface area contributed by atoms with Crippen LogP contribution in [0, 0.1) is 11.3 Å². The monoisotopic (exact) mass is 350 g/mol. The number of nitrogens with zero attached hydrogens (tertiary/aromatic N) is 3. The first-order valence-electron chi connectivity index (χ1n) is 8.57. The Morgan fingerprint density at radius 3 is 2.52 bits per heavy atom. The van der Waals surface area contributed by atoms with Gasteiger partial charge >= 0.3 is 0 Å². The summed E-state index contributed by atoms with van der Waals surface area (Å²) in [5.74, 6) is 0. The molecule has 0 bridgehead atoms. The van der Waals surface area contributed by atoms with E-state index in [-0.39, 0.29) is 0 Å². The molecule has 1 N–H and O–H groups in total. The Hall–Kier alpha value is -2.42. The highest BCUT2D eigenvalue weighted by atomic mass is 32.1. The van der Waals surface area contributed by atoms with Gasteiger partial charge in [0.15, 0.2) is 5.11 Å². The largest absolute Gasteiger partial charge is 0.346 e. The van der Waals surface area contributed by atoms with Gasteiger partial charge in [-0.3, -0.25) is 4.90 Å². The van der Waals surface area contributed by atoms with E-state index in [1.54, 1.807) is 6.07 Å². The zero-order chi connectivity index (χ0) is 17.5. The highest BCUT2D eigenvalue weighted by Crippen LogP contribution is 2.12. The minimum atomic E-state index is 0.638. The van der Waals surface area contributed by atoms with Crippen molar-refractivity contribution < 1.29 is 0 Å². The molecule has 2 aromatic carbocycles. The third-order valence-corrected chi connectivity index (χ3v) is 4.82. The summed E-state index contributed by atoms with van der Waals surface area (Å²) in [5.41, 5.74) is 2.90. The van der Waals surface area contributed by atoms with Crippen molar-refractivity contribution in [1.29, 1.82) is 5.26 Å². The fourth-order valence-corrected chi connectivity index (χ4v) is 3.28. The summed E-state index contributed by atoms with van der Waals surface area (Å²) in [5, 5.41) is 13.0. The molecular weight excluding hydrogens is 328 g/mol. The van der Waals surface area contributed by atoms with Gasteiger partial charge in [0.2, 0.25) is 0 Å². The second kappa shape index (κ2) is 8.61. The van der Waals surface area contributed by atoms with Gasteiger partial charge in [0.05, 0.1) is 11.6 Å². The van der Waals surface area contributed by atoms with Crippen LogP contribution in [-0.4, -0.2) is 47.6 Å². The van der Waals surface area contributed by atoms with E-state index in [4.69, 9.17) is 17.5 Å². The van der Waals surface area contributed by atoms with E-state index in [1.165, 1.54) is 5.56 Å². The lowest BCUT2D eigenvalue weighted by Crippen LogP contribution is -2.50. The molecule has 0 aromatic heterocycles. The third-order valence-electron chi connectivity index (χ3n) is 4.46. The Labute approximate surface area is 154 Å². The molecule has 1 saturated heterocycles. The molecule has 2 aromatic rings. The van der Waals surface area contributed by atoms with Gasteiger partial charge in [0, 0.05) is 38.4 Å². The first-order chi connectivity index (χ1) is 12.2. The number of nitrogens with one attached hydrogen (secondary N) is 1. The van der Waals surface area contributed by atoms with Gasteiger partial charge in [0.1, 0.15) is 0 Å². The molecule has 25 heavy (non-hydrogen) atoms. The average Bonchev–Trinajstić information content (AvgIpc) is 2.67. The van der Waals surface area contributed by atoms with Crippen LogP contribution in [0.2, 0.25) is 0 Å². The number of thiocarbonyl (C=S) groups is 1. The molecule has 0 saturated carbocycles. The molecule has 1 fully saturated rings. The maximum absolute atomic E-state index is 8.98. The summed E-state index contributed by atoms with van der Waals surface area (Å²) in [4.78, 5) is 4.69. The van der Waals surface area contributed by atoms with E-state index in [0.717, 1.165) is 49.9 Å². The number of nitriles is 1. The molecule has 0 aliphatic carbocycles. The van der Waals surface area contributed by atoms with Crippen molar-refractivity contribution in [3.8, 4) is 6.07 Å². The highest BCUT2D eigenvalue weighted by molar-refractivity contribution is 7.80. The highest BCUT2D eigenvalue weighted by Gasteiger charge is 2.18. The van der Waals surface area contributed by atoms with Crippen molar-refractivity contribution in [3.63, 3.8) is 0 Å². The zero-order valence-corrected chi connectivity index (χ0v) is 15.0. The van der Waals surface area contributed by atoms with Gasteiger partial charge in [-0.1, -0.05) is 36.4 Å². The van der Waals surface area contributed by atoms with Crippen molar-refractivity contribution in [2.75, 3.05) is 38.0 Å². The summed E-state index contributed by atoms with van der Waals surface area (Å²) in [6.45, 7) is 4.99. The minimum Gasteiger partial charge on any atom is -0.346 e. The number of hydrogen-bond donors (Lipinski definition) is 1. The van der Waals surface area contributed by atoms with Crippen LogP contribution in [0.5, 0.6) is 0 Å². The number of hydrogen-bond acceptors (Lipinski definition) is 3. The number of rotatable bonds is 4. The first kappa shape index (κ1) is 17.4. The molecule has 4 nitrogen and oxygen atoms in total. The van der Waals surface area contributed by atoms with Crippen molar-refractivity contribution >= 4 is 23.0 Å². The van der Waals surface area contributed by atoms with E-state index in [1.807, 2.05) is 18.2 Å². The van der Waals surface area contributed by atoms with Crippen molar-refractivity contribution in [1.82, 2.24) is 9.80 Å². The summed E-state index contributed by atoms with van der Waals surface area (Å²) in [7, 11) is 0. The third kappa shape index (κ3) is 5.02. The van der Waals surface area contributed by atoms with Gasteiger partial charge in [-0.25, -0.2) is 0 Å². The van der Waals surface area contributed by atoms with Crippen LogP contribution >= 0.6 is 12.2 Å². The van der Waals surface area contributed by atoms with Crippen molar-refractivity contribution in [2.24, 2.45) is 0 Å². The van der Waals surface area contributed by atoms with Crippen LogP contribution in [0.1, 0.15) is 11.1 Å². The Balaban J connectivity index is 1.45. The number of benzene rings is 2. The fourth-order valence-electron chi connectivity index (χ4n) is 2.98. The number of piperazine rings is 1. The molecular formula is C20H22N4S. The van der Waals surface area contributed by atoms with Crippen LogP contribution < -0.4 is 5.32 Å². The van der Waals surface area contributed by atoms with E-state index in [2.05, 4.69) is 51.5 Å². The predicted molar refractivity (Wildman–Crippen MR) is 106 cm³/mol. The summed E-state index contributed by atoms with van der Waals surface area (Å²) < 4.78 is 0.